The van der Waals surface area contributed by atoms with Gasteiger partial charge in [0.15, 0.2) is 5.82 Å². The minimum absolute atomic E-state index is 0.0288. The van der Waals surface area contributed by atoms with Crippen molar-refractivity contribution < 1.29 is 22.7 Å². The number of nitrogens with one attached hydrogen (secondary N) is 2. The van der Waals surface area contributed by atoms with Gasteiger partial charge in [0.05, 0.1) is 0 Å². The maximum Gasteiger partial charge on any atom is 0.573 e. The van der Waals surface area contributed by atoms with Gasteiger partial charge in [-0.05, 0) is 48.5 Å². The monoisotopic (exact) mass is 440 g/mol. The van der Waals surface area contributed by atoms with Crippen LogP contribution in [0.1, 0.15) is 10.4 Å². The summed E-state index contributed by atoms with van der Waals surface area (Å²) in [4.78, 5) is 20.7. The summed E-state index contributed by atoms with van der Waals surface area (Å²) in [6.07, 6.45) is -0.0261. The summed E-state index contributed by atoms with van der Waals surface area (Å²) in [6.45, 7) is 0. The average Bonchev–Trinajstić information content (AvgIpc) is 3.29. The SMILES string of the molecule is O=C(Nc1ccc(Nc2cc(-n3cccn3)ncn2)cc1)c1cccc(OC(F)(F)F)c1. The molecule has 4 rings (SSSR count). The van der Waals surface area contributed by atoms with Crippen molar-refractivity contribution in [2.45, 2.75) is 6.36 Å². The molecule has 0 saturated heterocycles. The standard InChI is InChI=1S/C21H15F3N6O2/c22-21(23,24)32-17-4-1-3-14(11-17)20(31)29-16-7-5-15(6-8-16)28-18-12-19(26-13-25-18)30-10-2-9-27-30/h1-13H,(H,29,31)(H,25,26,28). The molecule has 1 amide bonds. The highest BCUT2D eigenvalue weighted by atomic mass is 19.4. The number of benzene rings is 2. The molecule has 8 nitrogen and oxygen atoms in total. The van der Waals surface area contributed by atoms with E-state index < -0.39 is 18.0 Å². The van der Waals surface area contributed by atoms with Crippen LogP contribution in [0.25, 0.3) is 5.82 Å². The molecular weight excluding hydrogens is 425 g/mol. The number of hydrogen-bond donors (Lipinski definition) is 2. The zero-order valence-corrected chi connectivity index (χ0v) is 16.2. The molecule has 0 spiro atoms. The van der Waals surface area contributed by atoms with Gasteiger partial charge < -0.3 is 15.4 Å². The lowest BCUT2D eigenvalue weighted by Gasteiger charge is -2.11. The Hall–Kier alpha value is -4.41. The van der Waals surface area contributed by atoms with Crippen molar-refractivity contribution in [2.75, 3.05) is 10.6 Å². The highest BCUT2D eigenvalue weighted by Crippen LogP contribution is 2.24. The number of nitrogens with zero attached hydrogens (tertiary/aromatic N) is 4. The van der Waals surface area contributed by atoms with Crippen LogP contribution in [-0.4, -0.2) is 32.0 Å². The lowest BCUT2D eigenvalue weighted by molar-refractivity contribution is -0.274. The Balaban J connectivity index is 1.41. The lowest BCUT2D eigenvalue weighted by Crippen LogP contribution is -2.18. The quantitative estimate of drug-likeness (QED) is 0.457. The number of amides is 1. The van der Waals surface area contributed by atoms with Crippen LogP contribution in [0.4, 0.5) is 30.4 Å². The van der Waals surface area contributed by atoms with Crippen molar-refractivity contribution in [3.05, 3.63) is 84.9 Å². The van der Waals surface area contributed by atoms with Crippen LogP contribution in [-0.2, 0) is 0 Å². The second kappa shape index (κ2) is 8.76. The predicted molar refractivity (Wildman–Crippen MR) is 110 cm³/mol. The van der Waals surface area contributed by atoms with Crippen LogP contribution < -0.4 is 15.4 Å². The van der Waals surface area contributed by atoms with Gasteiger partial charge in [-0.3, -0.25) is 4.79 Å². The molecule has 0 radical (unpaired) electrons. The van der Waals surface area contributed by atoms with E-state index in [4.69, 9.17) is 0 Å². The summed E-state index contributed by atoms with van der Waals surface area (Å²) in [5.41, 5.74) is 1.19. The van der Waals surface area contributed by atoms with E-state index in [0.29, 0.717) is 23.0 Å². The smallest absolute Gasteiger partial charge is 0.406 e. The molecule has 4 aromatic rings. The van der Waals surface area contributed by atoms with Crippen LogP contribution >= 0.6 is 0 Å². The van der Waals surface area contributed by atoms with Gasteiger partial charge in [-0.15, -0.1) is 13.2 Å². The van der Waals surface area contributed by atoms with Crippen molar-refractivity contribution >= 4 is 23.1 Å². The van der Waals surface area contributed by atoms with E-state index in [1.165, 1.54) is 18.5 Å². The number of halogens is 3. The highest BCUT2D eigenvalue weighted by Gasteiger charge is 2.31. The summed E-state index contributed by atoms with van der Waals surface area (Å²) in [5.74, 6) is 0.0962. The van der Waals surface area contributed by atoms with E-state index >= 15 is 0 Å². The Morgan fingerprint density at radius 2 is 1.75 bits per heavy atom. The molecule has 2 aromatic heterocycles. The fraction of sp³-hybridized carbons (Fsp3) is 0.0476. The van der Waals surface area contributed by atoms with Gasteiger partial charge in [-0.1, -0.05) is 6.07 Å². The molecule has 0 bridgehead atoms. The van der Waals surface area contributed by atoms with Crippen molar-refractivity contribution in [2.24, 2.45) is 0 Å². The van der Waals surface area contributed by atoms with Crippen LogP contribution in [0.3, 0.4) is 0 Å². The number of alkyl halides is 3. The molecular formula is C21H15F3N6O2. The largest absolute Gasteiger partial charge is 0.573 e. The maximum atomic E-state index is 12.4. The third kappa shape index (κ3) is 5.39. The molecule has 0 saturated carbocycles. The number of ether oxygens (including phenoxy) is 1. The number of rotatable bonds is 6. The fourth-order valence-corrected chi connectivity index (χ4v) is 2.77. The Bertz CT molecular complexity index is 1210. The van der Waals surface area contributed by atoms with Gasteiger partial charge >= 0.3 is 6.36 Å². The van der Waals surface area contributed by atoms with E-state index in [1.807, 2.05) is 0 Å². The summed E-state index contributed by atoms with van der Waals surface area (Å²) in [7, 11) is 0. The molecule has 0 unspecified atom stereocenters. The van der Waals surface area contributed by atoms with Crippen molar-refractivity contribution in [3.8, 4) is 11.6 Å². The molecule has 0 atom stereocenters. The van der Waals surface area contributed by atoms with Gasteiger partial charge in [-0.2, -0.15) is 5.10 Å². The molecule has 0 fully saturated rings. The predicted octanol–water partition coefficient (Wildman–Crippen LogP) is 4.56. The molecule has 11 heteroatoms. The molecule has 0 aliphatic carbocycles. The van der Waals surface area contributed by atoms with E-state index in [9.17, 15) is 18.0 Å². The maximum absolute atomic E-state index is 12.4. The third-order valence-corrected chi connectivity index (χ3v) is 4.14. The number of carbonyl (C=O) groups is 1. The van der Waals surface area contributed by atoms with Gasteiger partial charge in [-0.25, -0.2) is 14.6 Å². The Labute approximate surface area is 179 Å². The number of aromatic nitrogens is 4. The Morgan fingerprint density at radius 3 is 2.47 bits per heavy atom. The van der Waals surface area contributed by atoms with E-state index in [-0.39, 0.29) is 5.56 Å². The van der Waals surface area contributed by atoms with Crippen LogP contribution in [0.15, 0.2) is 79.4 Å². The summed E-state index contributed by atoms with van der Waals surface area (Å²) < 4.78 is 42.5. The normalized spacial score (nSPS) is 11.1. The fourth-order valence-electron chi connectivity index (χ4n) is 2.77. The molecule has 2 heterocycles. The van der Waals surface area contributed by atoms with Crippen LogP contribution in [0.2, 0.25) is 0 Å². The number of anilines is 3. The van der Waals surface area contributed by atoms with E-state index in [0.717, 1.165) is 12.1 Å². The molecule has 162 valence electrons. The zero-order valence-electron chi connectivity index (χ0n) is 16.2. The Kier molecular flexibility index (Phi) is 5.71. The first kappa shape index (κ1) is 20.8. The van der Waals surface area contributed by atoms with Gasteiger partial charge in [0.2, 0.25) is 0 Å². The first-order valence-electron chi connectivity index (χ1n) is 9.22. The summed E-state index contributed by atoms with van der Waals surface area (Å²) >= 11 is 0. The second-order valence-corrected chi connectivity index (χ2v) is 6.44. The van der Waals surface area contributed by atoms with E-state index in [1.54, 1.807) is 53.5 Å². The molecule has 0 aliphatic rings. The van der Waals surface area contributed by atoms with Crippen LogP contribution in [0, 0.1) is 0 Å². The minimum Gasteiger partial charge on any atom is -0.406 e. The lowest BCUT2D eigenvalue weighted by atomic mass is 10.2. The van der Waals surface area contributed by atoms with Crippen molar-refractivity contribution in [1.29, 1.82) is 0 Å². The second-order valence-electron chi connectivity index (χ2n) is 6.44. The van der Waals surface area contributed by atoms with Crippen molar-refractivity contribution in [1.82, 2.24) is 19.7 Å². The van der Waals surface area contributed by atoms with Gasteiger partial charge in [0, 0.05) is 35.4 Å². The third-order valence-electron chi connectivity index (χ3n) is 4.14. The first-order valence-corrected chi connectivity index (χ1v) is 9.22. The zero-order chi connectivity index (χ0) is 22.6. The summed E-state index contributed by atoms with van der Waals surface area (Å²) in [6, 6.07) is 15.1. The van der Waals surface area contributed by atoms with Crippen molar-refractivity contribution in [3.63, 3.8) is 0 Å². The molecule has 0 aliphatic heterocycles. The molecule has 32 heavy (non-hydrogen) atoms. The topological polar surface area (TPSA) is 94.0 Å². The van der Waals surface area contributed by atoms with Gasteiger partial charge in [0.25, 0.3) is 5.91 Å². The summed E-state index contributed by atoms with van der Waals surface area (Å²) in [5, 5.41) is 9.86. The Morgan fingerprint density at radius 1 is 0.969 bits per heavy atom. The number of hydrogen-bond acceptors (Lipinski definition) is 6. The van der Waals surface area contributed by atoms with Crippen LogP contribution in [0.5, 0.6) is 5.75 Å². The average molecular weight is 440 g/mol. The number of carbonyl (C=O) groups excluding carboxylic acids is 1. The molecule has 2 aromatic carbocycles. The molecule has 2 N–H and O–H groups in total. The van der Waals surface area contributed by atoms with E-state index in [2.05, 4.69) is 30.4 Å². The first-order chi connectivity index (χ1) is 15.4. The highest BCUT2D eigenvalue weighted by molar-refractivity contribution is 6.04. The van der Waals surface area contributed by atoms with Gasteiger partial charge in [0.1, 0.15) is 17.9 Å². The minimum atomic E-state index is -4.83.